The smallest absolute Gasteiger partial charge is 0.300 e. The standard InChI is InChI=1S/C10H18O.C2H4O2/c1-2-3-4-5-6-7-8-9-10-11;1-2(3)4/h11H,2-4,7-10H2,1H3;1H3,(H,3,4). The number of aliphatic carboxylic acids is 1. The van der Waals surface area contributed by atoms with Crippen molar-refractivity contribution in [2.75, 3.05) is 6.61 Å². The zero-order valence-electron chi connectivity index (χ0n) is 9.75. The normalized spacial score (nSPS) is 8.20. The maximum atomic E-state index is 9.00. The van der Waals surface area contributed by atoms with Gasteiger partial charge in [0.05, 0.1) is 0 Å². The average Bonchev–Trinajstić information content (AvgIpc) is 2.16. The zero-order valence-corrected chi connectivity index (χ0v) is 9.75. The van der Waals surface area contributed by atoms with Crippen molar-refractivity contribution in [2.24, 2.45) is 0 Å². The first kappa shape index (κ1) is 16.4. The molecule has 3 heteroatoms. The van der Waals surface area contributed by atoms with Gasteiger partial charge in [0, 0.05) is 26.4 Å². The lowest BCUT2D eigenvalue weighted by atomic mass is 10.2. The Balaban J connectivity index is 0. The molecular weight excluding hydrogens is 192 g/mol. The number of rotatable bonds is 5. The number of carboxylic acid groups (broad SMARTS) is 1. The van der Waals surface area contributed by atoms with Crippen LogP contribution in [0.1, 0.15) is 52.4 Å². The van der Waals surface area contributed by atoms with Crippen LogP contribution in [0.25, 0.3) is 0 Å². The first-order valence-corrected chi connectivity index (χ1v) is 5.41. The lowest BCUT2D eigenvalue weighted by molar-refractivity contribution is -0.134. The lowest BCUT2D eigenvalue weighted by Crippen LogP contribution is -1.80. The van der Waals surface area contributed by atoms with Crippen molar-refractivity contribution in [3.05, 3.63) is 0 Å². The predicted octanol–water partition coefficient (Wildman–Crippen LogP) is 2.43. The van der Waals surface area contributed by atoms with Gasteiger partial charge in [-0.3, -0.25) is 4.79 Å². The van der Waals surface area contributed by atoms with Crippen molar-refractivity contribution in [3.8, 4) is 11.8 Å². The highest BCUT2D eigenvalue weighted by Crippen LogP contribution is 1.94. The molecule has 0 rings (SSSR count). The number of aliphatic hydroxyl groups excluding tert-OH is 1. The first-order chi connectivity index (χ1) is 7.15. The van der Waals surface area contributed by atoms with Crippen LogP contribution in [-0.2, 0) is 4.79 Å². The Labute approximate surface area is 92.5 Å². The summed E-state index contributed by atoms with van der Waals surface area (Å²) in [6.07, 6.45) is 6.36. The van der Waals surface area contributed by atoms with Crippen molar-refractivity contribution in [2.45, 2.75) is 52.4 Å². The summed E-state index contributed by atoms with van der Waals surface area (Å²) in [6.45, 7) is 3.56. The molecule has 0 radical (unpaired) electrons. The maximum Gasteiger partial charge on any atom is 0.300 e. The molecule has 0 unspecified atom stereocenters. The average molecular weight is 214 g/mol. The lowest BCUT2D eigenvalue weighted by Gasteiger charge is -1.88. The van der Waals surface area contributed by atoms with Gasteiger partial charge in [0.25, 0.3) is 5.97 Å². The molecule has 15 heavy (non-hydrogen) atoms. The quantitative estimate of drug-likeness (QED) is 0.546. The molecule has 0 fully saturated rings. The topological polar surface area (TPSA) is 57.5 Å². The summed E-state index contributed by atoms with van der Waals surface area (Å²) in [5, 5.41) is 15.9. The second kappa shape index (κ2) is 15.5. The van der Waals surface area contributed by atoms with E-state index in [2.05, 4.69) is 18.8 Å². The summed E-state index contributed by atoms with van der Waals surface area (Å²) in [7, 11) is 0. The third kappa shape index (κ3) is 32.1. The van der Waals surface area contributed by atoms with Gasteiger partial charge in [-0.25, -0.2) is 0 Å². The molecule has 0 aromatic rings. The summed E-state index contributed by atoms with van der Waals surface area (Å²) in [5.41, 5.74) is 0. The van der Waals surface area contributed by atoms with Crippen molar-refractivity contribution in [3.63, 3.8) is 0 Å². The summed E-state index contributed by atoms with van der Waals surface area (Å²) in [4.78, 5) is 9.00. The molecule has 0 bridgehead atoms. The number of hydrogen-bond donors (Lipinski definition) is 2. The van der Waals surface area contributed by atoms with E-state index in [9.17, 15) is 0 Å². The van der Waals surface area contributed by atoms with Crippen molar-refractivity contribution >= 4 is 5.97 Å². The number of aliphatic hydroxyl groups is 1. The first-order valence-electron chi connectivity index (χ1n) is 5.41. The minimum atomic E-state index is -0.833. The third-order valence-electron chi connectivity index (χ3n) is 1.49. The van der Waals surface area contributed by atoms with Gasteiger partial charge in [-0.05, 0) is 19.3 Å². The molecule has 0 amide bonds. The molecule has 0 heterocycles. The fourth-order valence-electron chi connectivity index (χ4n) is 0.767. The van der Waals surface area contributed by atoms with Crippen LogP contribution in [-0.4, -0.2) is 22.8 Å². The molecule has 0 aromatic carbocycles. The molecule has 0 aliphatic heterocycles. The Morgan fingerprint density at radius 1 is 1.13 bits per heavy atom. The van der Waals surface area contributed by atoms with E-state index in [1.54, 1.807) is 0 Å². The van der Waals surface area contributed by atoms with Crippen molar-refractivity contribution < 1.29 is 15.0 Å². The van der Waals surface area contributed by atoms with E-state index in [-0.39, 0.29) is 0 Å². The molecular formula is C12H22O3. The van der Waals surface area contributed by atoms with Crippen LogP contribution in [0.2, 0.25) is 0 Å². The van der Waals surface area contributed by atoms with Gasteiger partial charge in [-0.2, -0.15) is 0 Å². The molecule has 0 aromatic heterocycles. The predicted molar refractivity (Wildman–Crippen MR) is 61.5 cm³/mol. The van der Waals surface area contributed by atoms with Crippen LogP contribution >= 0.6 is 0 Å². The Morgan fingerprint density at radius 2 is 1.60 bits per heavy atom. The monoisotopic (exact) mass is 214 g/mol. The molecule has 0 aliphatic carbocycles. The van der Waals surface area contributed by atoms with Crippen molar-refractivity contribution in [1.29, 1.82) is 0 Å². The van der Waals surface area contributed by atoms with Crippen LogP contribution in [0.15, 0.2) is 0 Å². The zero-order chi connectivity index (χ0) is 11.9. The molecule has 2 N–H and O–H groups in total. The molecule has 88 valence electrons. The van der Waals surface area contributed by atoms with E-state index < -0.39 is 5.97 Å². The van der Waals surface area contributed by atoms with Crippen LogP contribution < -0.4 is 0 Å². The fourth-order valence-corrected chi connectivity index (χ4v) is 0.767. The summed E-state index contributed by atoms with van der Waals surface area (Å²) < 4.78 is 0. The Kier molecular flexibility index (Phi) is 16.9. The van der Waals surface area contributed by atoms with E-state index in [4.69, 9.17) is 15.0 Å². The Bertz CT molecular complexity index is 185. The third-order valence-corrected chi connectivity index (χ3v) is 1.49. The van der Waals surface area contributed by atoms with E-state index in [0.717, 1.165) is 32.6 Å². The van der Waals surface area contributed by atoms with Gasteiger partial charge in [0.15, 0.2) is 0 Å². The van der Waals surface area contributed by atoms with E-state index in [1.165, 1.54) is 12.8 Å². The SMILES string of the molecule is CC(=O)O.CCCCC#CCCCCO. The van der Waals surface area contributed by atoms with E-state index in [0.29, 0.717) is 6.61 Å². The largest absolute Gasteiger partial charge is 0.481 e. The molecule has 0 aliphatic rings. The maximum absolute atomic E-state index is 9.00. The number of hydrogen-bond acceptors (Lipinski definition) is 2. The highest BCUT2D eigenvalue weighted by Gasteiger charge is 1.81. The van der Waals surface area contributed by atoms with E-state index >= 15 is 0 Å². The molecule has 3 nitrogen and oxygen atoms in total. The Morgan fingerprint density at radius 3 is 2.00 bits per heavy atom. The van der Waals surface area contributed by atoms with Gasteiger partial charge in [0.1, 0.15) is 0 Å². The Hall–Kier alpha value is -1.01. The fraction of sp³-hybridized carbons (Fsp3) is 0.750. The summed E-state index contributed by atoms with van der Waals surface area (Å²) >= 11 is 0. The molecule has 0 atom stereocenters. The number of carbonyl (C=O) groups is 1. The molecule has 0 saturated carbocycles. The second-order valence-corrected chi connectivity index (χ2v) is 3.16. The van der Waals surface area contributed by atoms with Gasteiger partial charge in [-0.1, -0.05) is 13.3 Å². The molecule has 0 saturated heterocycles. The summed E-state index contributed by atoms with van der Waals surface area (Å²) in [6, 6.07) is 0. The highest BCUT2D eigenvalue weighted by atomic mass is 16.4. The summed E-state index contributed by atoms with van der Waals surface area (Å²) in [5.74, 6) is 5.37. The van der Waals surface area contributed by atoms with E-state index in [1.807, 2.05) is 0 Å². The van der Waals surface area contributed by atoms with Gasteiger partial charge in [-0.15, -0.1) is 11.8 Å². The minimum absolute atomic E-state index is 0.302. The van der Waals surface area contributed by atoms with Gasteiger partial charge in [0.2, 0.25) is 0 Å². The van der Waals surface area contributed by atoms with Crippen LogP contribution in [0.5, 0.6) is 0 Å². The van der Waals surface area contributed by atoms with Gasteiger partial charge < -0.3 is 10.2 Å². The van der Waals surface area contributed by atoms with Crippen LogP contribution in [0.4, 0.5) is 0 Å². The van der Waals surface area contributed by atoms with Crippen LogP contribution in [0, 0.1) is 11.8 Å². The number of carboxylic acids is 1. The highest BCUT2D eigenvalue weighted by molar-refractivity contribution is 5.62. The van der Waals surface area contributed by atoms with Gasteiger partial charge >= 0.3 is 0 Å². The minimum Gasteiger partial charge on any atom is -0.481 e. The number of unbranched alkanes of at least 4 members (excludes halogenated alkanes) is 4. The molecule has 0 spiro atoms. The van der Waals surface area contributed by atoms with Crippen LogP contribution in [0.3, 0.4) is 0 Å². The van der Waals surface area contributed by atoms with Crippen molar-refractivity contribution in [1.82, 2.24) is 0 Å². The second-order valence-electron chi connectivity index (χ2n) is 3.16.